The van der Waals surface area contributed by atoms with Gasteiger partial charge in [-0.05, 0) is 12.1 Å². The van der Waals surface area contributed by atoms with Crippen LogP contribution >= 0.6 is 7.60 Å². The molecule has 1 aromatic rings. The first kappa shape index (κ1) is 10.8. The van der Waals surface area contributed by atoms with E-state index in [0.717, 1.165) is 0 Å². The van der Waals surface area contributed by atoms with Crippen LogP contribution in [0.15, 0.2) is 30.3 Å². The standard InChI is InChI=1S/C8H10NO4P/c10-6-9-7-14(11,12)13-8-4-2-1-3-5-8/h1-6H,7H2,(H,9,10)(H,11,12). The maximum Gasteiger partial charge on any atom is 0.395 e. The second-order valence-electron chi connectivity index (χ2n) is 2.52. The molecule has 1 aromatic carbocycles. The van der Waals surface area contributed by atoms with Crippen LogP contribution in [0, 0.1) is 0 Å². The lowest BCUT2D eigenvalue weighted by molar-refractivity contribution is -0.109. The Morgan fingerprint density at radius 3 is 2.64 bits per heavy atom. The smallest absolute Gasteiger partial charge is 0.395 e. The zero-order valence-electron chi connectivity index (χ0n) is 7.29. The number of hydrogen-bond acceptors (Lipinski definition) is 3. The van der Waals surface area contributed by atoms with Gasteiger partial charge < -0.3 is 14.7 Å². The summed E-state index contributed by atoms with van der Waals surface area (Å²) in [5.41, 5.74) is 0. The van der Waals surface area contributed by atoms with E-state index in [1.54, 1.807) is 30.3 Å². The Labute approximate surface area is 81.2 Å². The molecule has 0 spiro atoms. The van der Waals surface area contributed by atoms with Crippen molar-refractivity contribution in [1.29, 1.82) is 0 Å². The van der Waals surface area contributed by atoms with Gasteiger partial charge in [-0.3, -0.25) is 4.79 Å². The van der Waals surface area contributed by atoms with Crippen LogP contribution in [0.25, 0.3) is 0 Å². The highest BCUT2D eigenvalue weighted by atomic mass is 31.2. The second-order valence-corrected chi connectivity index (χ2v) is 4.30. The fraction of sp³-hybridized carbons (Fsp3) is 0.125. The molecule has 14 heavy (non-hydrogen) atoms. The topological polar surface area (TPSA) is 75.6 Å². The van der Waals surface area contributed by atoms with E-state index in [2.05, 4.69) is 5.32 Å². The third-order valence-corrected chi connectivity index (χ3v) is 2.44. The summed E-state index contributed by atoms with van der Waals surface area (Å²) in [7, 11) is -3.77. The molecule has 0 bridgehead atoms. The number of para-hydroxylation sites is 1. The average Bonchev–Trinajstić information content (AvgIpc) is 2.16. The molecule has 0 saturated carbocycles. The number of hydrogen-bond donors (Lipinski definition) is 2. The van der Waals surface area contributed by atoms with Crippen molar-refractivity contribution < 1.29 is 18.8 Å². The van der Waals surface area contributed by atoms with Gasteiger partial charge in [-0.1, -0.05) is 18.2 Å². The van der Waals surface area contributed by atoms with Gasteiger partial charge in [-0.15, -0.1) is 0 Å². The van der Waals surface area contributed by atoms with Gasteiger partial charge in [0.25, 0.3) is 0 Å². The molecule has 0 aliphatic heterocycles. The predicted molar refractivity (Wildman–Crippen MR) is 51.0 cm³/mol. The third kappa shape index (κ3) is 3.60. The van der Waals surface area contributed by atoms with E-state index in [1.165, 1.54) is 0 Å². The Morgan fingerprint density at radius 1 is 1.43 bits per heavy atom. The number of rotatable bonds is 5. The first-order valence-corrected chi connectivity index (χ1v) is 5.64. The Morgan fingerprint density at radius 2 is 2.07 bits per heavy atom. The van der Waals surface area contributed by atoms with E-state index in [0.29, 0.717) is 12.2 Å². The summed E-state index contributed by atoms with van der Waals surface area (Å²) in [5.74, 6) is 0.297. The normalized spacial score (nSPS) is 14.1. The molecular weight excluding hydrogens is 205 g/mol. The van der Waals surface area contributed by atoms with Gasteiger partial charge >= 0.3 is 7.60 Å². The number of benzene rings is 1. The van der Waals surface area contributed by atoms with Crippen LogP contribution in [0.4, 0.5) is 0 Å². The van der Waals surface area contributed by atoms with Crippen LogP contribution in [0.2, 0.25) is 0 Å². The fourth-order valence-corrected chi connectivity index (χ4v) is 1.65. The van der Waals surface area contributed by atoms with Crippen molar-refractivity contribution in [3.8, 4) is 5.75 Å². The van der Waals surface area contributed by atoms with Crippen molar-refractivity contribution in [3.63, 3.8) is 0 Å². The van der Waals surface area contributed by atoms with E-state index in [4.69, 9.17) is 4.52 Å². The van der Waals surface area contributed by atoms with Gasteiger partial charge in [0.15, 0.2) is 0 Å². The molecule has 0 aliphatic rings. The molecule has 0 aromatic heterocycles. The van der Waals surface area contributed by atoms with Crippen molar-refractivity contribution in [1.82, 2.24) is 5.32 Å². The molecule has 1 atom stereocenters. The Hall–Kier alpha value is -1.32. The van der Waals surface area contributed by atoms with E-state index in [-0.39, 0.29) is 0 Å². The minimum absolute atomic E-state index is 0.297. The molecule has 76 valence electrons. The molecule has 0 fully saturated rings. The average molecular weight is 215 g/mol. The van der Waals surface area contributed by atoms with Crippen molar-refractivity contribution in [3.05, 3.63) is 30.3 Å². The van der Waals surface area contributed by atoms with Crippen LogP contribution in [-0.4, -0.2) is 17.6 Å². The molecule has 5 nitrogen and oxygen atoms in total. The molecule has 0 radical (unpaired) electrons. The lowest BCUT2D eigenvalue weighted by Crippen LogP contribution is -2.14. The fourth-order valence-electron chi connectivity index (χ4n) is 0.831. The van der Waals surface area contributed by atoms with E-state index in [1.807, 2.05) is 0 Å². The monoisotopic (exact) mass is 215 g/mol. The maximum absolute atomic E-state index is 11.3. The lowest BCUT2D eigenvalue weighted by Gasteiger charge is -2.12. The summed E-state index contributed by atoms with van der Waals surface area (Å²) >= 11 is 0. The van der Waals surface area contributed by atoms with Crippen LogP contribution in [0.1, 0.15) is 0 Å². The highest BCUT2D eigenvalue weighted by Gasteiger charge is 2.19. The summed E-state index contributed by atoms with van der Waals surface area (Å²) in [4.78, 5) is 19.1. The van der Waals surface area contributed by atoms with Crippen LogP contribution in [0.5, 0.6) is 5.75 Å². The Kier molecular flexibility index (Phi) is 3.68. The number of carbonyl (C=O) groups excluding carboxylic acids is 1. The van der Waals surface area contributed by atoms with E-state index < -0.39 is 13.9 Å². The van der Waals surface area contributed by atoms with Gasteiger partial charge in [0.2, 0.25) is 6.41 Å². The predicted octanol–water partition coefficient (Wildman–Crippen LogP) is 0.954. The molecule has 1 unspecified atom stereocenters. The van der Waals surface area contributed by atoms with E-state index in [9.17, 15) is 14.3 Å². The number of amides is 1. The minimum Gasteiger partial charge on any atom is -0.423 e. The van der Waals surface area contributed by atoms with Gasteiger partial charge in [-0.25, -0.2) is 4.57 Å². The van der Waals surface area contributed by atoms with E-state index >= 15 is 0 Å². The largest absolute Gasteiger partial charge is 0.423 e. The summed E-state index contributed by atoms with van der Waals surface area (Å²) in [6.45, 7) is 0. The Bertz CT molecular complexity index is 340. The van der Waals surface area contributed by atoms with Gasteiger partial charge in [0.05, 0.1) is 0 Å². The molecule has 0 heterocycles. The minimum atomic E-state index is -3.77. The van der Waals surface area contributed by atoms with Crippen molar-refractivity contribution in [2.75, 3.05) is 6.29 Å². The summed E-state index contributed by atoms with van der Waals surface area (Å²) < 4.78 is 16.0. The SMILES string of the molecule is O=CNCP(=O)(O)Oc1ccccc1. The molecular formula is C8H10NO4P. The summed E-state index contributed by atoms with van der Waals surface area (Å²) in [6, 6.07) is 8.25. The summed E-state index contributed by atoms with van der Waals surface area (Å²) in [6.07, 6.45) is -0.0530. The van der Waals surface area contributed by atoms with Crippen LogP contribution in [0.3, 0.4) is 0 Å². The zero-order valence-corrected chi connectivity index (χ0v) is 8.18. The highest BCUT2D eigenvalue weighted by molar-refractivity contribution is 7.53. The van der Waals surface area contributed by atoms with Crippen LogP contribution < -0.4 is 9.84 Å². The van der Waals surface area contributed by atoms with Crippen molar-refractivity contribution in [2.45, 2.75) is 0 Å². The van der Waals surface area contributed by atoms with Crippen molar-refractivity contribution in [2.24, 2.45) is 0 Å². The first-order valence-electron chi connectivity index (χ1n) is 3.87. The number of nitrogens with one attached hydrogen (secondary N) is 1. The molecule has 2 N–H and O–H groups in total. The molecule has 6 heteroatoms. The third-order valence-electron chi connectivity index (χ3n) is 1.37. The molecule has 1 amide bonds. The molecule has 0 aliphatic carbocycles. The second kappa shape index (κ2) is 4.79. The first-order chi connectivity index (χ1) is 6.64. The van der Waals surface area contributed by atoms with Gasteiger partial charge in [0.1, 0.15) is 12.0 Å². The highest BCUT2D eigenvalue weighted by Crippen LogP contribution is 2.40. The zero-order chi connectivity index (χ0) is 10.4. The van der Waals surface area contributed by atoms with Gasteiger partial charge in [0, 0.05) is 0 Å². The van der Waals surface area contributed by atoms with Gasteiger partial charge in [-0.2, -0.15) is 0 Å². The number of carbonyl (C=O) groups is 1. The molecule has 1 rings (SSSR count). The maximum atomic E-state index is 11.3. The lowest BCUT2D eigenvalue weighted by atomic mass is 10.3. The van der Waals surface area contributed by atoms with Crippen LogP contribution in [-0.2, 0) is 9.36 Å². The Balaban J connectivity index is 2.59. The summed E-state index contributed by atoms with van der Waals surface area (Å²) in [5, 5.41) is 2.09. The van der Waals surface area contributed by atoms with Crippen molar-refractivity contribution >= 4 is 14.0 Å². The quantitative estimate of drug-likeness (QED) is 0.566. The molecule has 0 saturated heterocycles.